The Kier molecular flexibility index (Phi) is 2.93. The van der Waals surface area contributed by atoms with Crippen LogP contribution in [0.25, 0.3) is 0 Å². The lowest BCUT2D eigenvalue weighted by Crippen LogP contribution is -1.84. The molecule has 0 unspecified atom stereocenters. The zero-order chi connectivity index (χ0) is 7.23. The molecule has 0 atom stereocenters. The van der Waals surface area contributed by atoms with E-state index in [4.69, 9.17) is 0 Å². The van der Waals surface area contributed by atoms with Crippen molar-refractivity contribution in [1.29, 1.82) is 0 Å². The molecule has 0 amide bonds. The van der Waals surface area contributed by atoms with Gasteiger partial charge in [0.2, 0.25) is 0 Å². The molecule has 0 aliphatic carbocycles. The van der Waals surface area contributed by atoms with Gasteiger partial charge < -0.3 is 0 Å². The first-order valence-corrected chi connectivity index (χ1v) is 3.57. The zero-order valence-electron chi connectivity index (χ0n) is 6.01. The predicted octanol–water partition coefficient (Wildman–Crippen LogP) is 1.35. The average Bonchev–Trinajstić information content (AvgIpc) is 2.41. The summed E-state index contributed by atoms with van der Waals surface area (Å²) >= 11 is 0. The maximum absolute atomic E-state index is 3.76. The molecule has 1 heterocycles. The lowest BCUT2D eigenvalue weighted by molar-refractivity contribution is 0.730. The molecule has 3 nitrogen and oxygen atoms in total. The van der Waals surface area contributed by atoms with E-state index in [1.807, 2.05) is 0 Å². The summed E-state index contributed by atoms with van der Waals surface area (Å²) in [6, 6.07) is 0. The molecular weight excluding hydrogens is 126 g/mol. The molecule has 1 aromatic rings. The second-order valence-corrected chi connectivity index (χ2v) is 2.29. The Morgan fingerprint density at radius 2 is 2.40 bits per heavy atom. The number of H-pyrrole nitrogens is 1. The Hall–Kier alpha value is -0.860. The molecule has 0 fully saturated rings. The number of rotatable bonds is 4. The lowest BCUT2D eigenvalue weighted by Gasteiger charge is -1.92. The van der Waals surface area contributed by atoms with Gasteiger partial charge in [0, 0.05) is 0 Å². The first kappa shape index (κ1) is 7.25. The van der Waals surface area contributed by atoms with Crippen LogP contribution in [-0.4, -0.2) is 15.4 Å². The number of aromatic amines is 1. The molecule has 3 heteroatoms. The van der Waals surface area contributed by atoms with E-state index < -0.39 is 0 Å². The Balaban J connectivity index is 2.15. The molecule has 0 spiro atoms. The molecule has 1 N–H and O–H groups in total. The normalized spacial score (nSPS) is 10.1. The van der Waals surface area contributed by atoms with Crippen molar-refractivity contribution in [3.63, 3.8) is 0 Å². The van der Waals surface area contributed by atoms with Crippen LogP contribution in [0.1, 0.15) is 25.0 Å². The summed E-state index contributed by atoms with van der Waals surface area (Å²) < 4.78 is 0. The number of aryl methyl sites for hydroxylation is 1. The molecule has 0 aliphatic rings. The van der Waals surface area contributed by atoms with Gasteiger partial charge in [-0.1, -0.05) is 25.0 Å². The molecule has 0 bridgehead atoms. The van der Waals surface area contributed by atoms with E-state index >= 15 is 0 Å². The van der Waals surface area contributed by atoms with Gasteiger partial charge in [-0.2, -0.15) is 0 Å². The zero-order valence-corrected chi connectivity index (χ0v) is 6.01. The second-order valence-electron chi connectivity index (χ2n) is 2.29. The first-order valence-electron chi connectivity index (χ1n) is 3.57. The molecule has 0 aromatic carbocycles. The summed E-state index contributed by atoms with van der Waals surface area (Å²) in [5.41, 5.74) is 1.12. The minimum Gasteiger partial charge on any atom is -0.262 e. The third-order valence-corrected chi connectivity index (χ3v) is 1.41. The number of nitrogens with zero attached hydrogens (tertiary/aromatic N) is 2. The molecule has 1 radical (unpaired) electrons. The Bertz CT molecular complexity index is 157. The largest absolute Gasteiger partial charge is 0.262 e. The van der Waals surface area contributed by atoms with Gasteiger partial charge in [0.05, 0.1) is 11.9 Å². The van der Waals surface area contributed by atoms with Crippen LogP contribution in [0.4, 0.5) is 0 Å². The molecule has 1 aromatic heterocycles. The highest BCUT2D eigenvalue weighted by atomic mass is 15.3. The molecule has 10 heavy (non-hydrogen) atoms. The van der Waals surface area contributed by atoms with Crippen molar-refractivity contribution in [3.05, 3.63) is 18.8 Å². The van der Waals surface area contributed by atoms with Gasteiger partial charge in [-0.05, 0) is 12.8 Å². The maximum atomic E-state index is 3.76. The van der Waals surface area contributed by atoms with Crippen molar-refractivity contribution >= 4 is 0 Å². The molecule has 0 aliphatic heterocycles. The summed E-state index contributed by atoms with van der Waals surface area (Å²) in [6.07, 6.45) is 6.18. The average molecular weight is 138 g/mol. The van der Waals surface area contributed by atoms with E-state index in [9.17, 15) is 0 Å². The van der Waals surface area contributed by atoms with Gasteiger partial charge in [-0.3, -0.25) is 5.10 Å². The highest BCUT2D eigenvalue weighted by Crippen LogP contribution is 2.00. The van der Waals surface area contributed by atoms with Crippen molar-refractivity contribution in [3.8, 4) is 0 Å². The van der Waals surface area contributed by atoms with E-state index in [0.717, 1.165) is 18.5 Å². The number of aromatic nitrogens is 3. The van der Waals surface area contributed by atoms with Gasteiger partial charge in [-0.15, -0.1) is 5.10 Å². The lowest BCUT2D eigenvalue weighted by atomic mass is 10.2. The van der Waals surface area contributed by atoms with Crippen LogP contribution in [0.15, 0.2) is 6.20 Å². The quantitative estimate of drug-likeness (QED) is 0.638. The van der Waals surface area contributed by atoms with Crippen molar-refractivity contribution in [2.24, 2.45) is 0 Å². The van der Waals surface area contributed by atoms with Crippen LogP contribution >= 0.6 is 0 Å². The van der Waals surface area contributed by atoms with Crippen molar-refractivity contribution in [2.45, 2.75) is 25.7 Å². The smallest absolute Gasteiger partial charge is 0.0722 e. The summed E-state index contributed by atoms with van der Waals surface area (Å²) in [6.45, 7) is 3.76. The third kappa shape index (κ3) is 2.17. The van der Waals surface area contributed by atoms with E-state index in [-0.39, 0.29) is 0 Å². The fourth-order valence-electron chi connectivity index (χ4n) is 0.833. The van der Waals surface area contributed by atoms with Gasteiger partial charge in [0.15, 0.2) is 0 Å². The van der Waals surface area contributed by atoms with Crippen LogP contribution in [0.5, 0.6) is 0 Å². The van der Waals surface area contributed by atoms with Crippen LogP contribution < -0.4 is 0 Å². The van der Waals surface area contributed by atoms with E-state index in [1.165, 1.54) is 12.8 Å². The molecule has 0 saturated heterocycles. The topological polar surface area (TPSA) is 41.6 Å². The fourth-order valence-corrected chi connectivity index (χ4v) is 0.833. The van der Waals surface area contributed by atoms with Gasteiger partial charge in [-0.25, -0.2) is 0 Å². The number of nitrogens with one attached hydrogen (secondary N) is 1. The minimum atomic E-state index is 1.02. The first-order chi connectivity index (χ1) is 4.93. The Labute approximate surface area is 60.8 Å². The van der Waals surface area contributed by atoms with Crippen LogP contribution in [-0.2, 0) is 6.42 Å². The van der Waals surface area contributed by atoms with Crippen LogP contribution in [0.2, 0.25) is 0 Å². The molecule has 55 valence electrons. The van der Waals surface area contributed by atoms with Crippen molar-refractivity contribution in [1.82, 2.24) is 15.4 Å². The summed E-state index contributed by atoms with van der Waals surface area (Å²) in [4.78, 5) is 0. The maximum Gasteiger partial charge on any atom is 0.0722 e. The van der Waals surface area contributed by atoms with Crippen molar-refractivity contribution in [2.75, 3.05) is 0 Å². The highest BCUT2D eigenvalue weighted by molar-refractivity contribution is 4.89. The standard InChI is InChI=1S/C7H12N3/c1-2-3-4-5-7-6-8-10-9-7/h6H,1-5H2,(H,8,9,10). The van der Waals surface area contributed by atoms with Crippen molar-refractivity contribution < 1.29 is 0 Å². The van der Waals surface area contributed by atoms with Gasteiger partial charge in [0.1, 0.15) is 0 Å². The SMILES string of the molecule is [CH2]CCCCc1cnn[nH]1. The van der Waals surface area contributed by atoms with Crippen LogP contribution in [0.3, 0.4) is 0 Å². The summed E-state index contributed by atoms with van der Waals surface area (Å²) in [5.74, 6) is 0. The van der Waals surface area contributed by atoms with Gasteiger partial charge in [0.25, 0.3) is 0 Å². The number of unbranched alkanes of at least 4 members (excludes halogenated alkanes) is 2. The minimum absolute atomic E-state index is 1.02. The molecule has 1 rings (SSSR count). The molecule has 0 saturated carbocycles. The summed E-state index contributed by atoms with van der Waals surface area (Å²) in [5, 5.41) is 10.1. The van der Waals surface area contributed by atoms with Gasteiger partial charge >= 0.3 is 0 Å². The monoisotopic (exact) mass is 138 g/mol. The van der Waals surface area contributed by atoms with E-state index in [0.29, 0.717) is 0 Å². The fraction of sp³-hybridized carbons (Fsp3) is 0.571. The highest BCUT2D eigenvalue weighted by Gasteiger charge is 1.92. The van der Waals surface area contributed by atoms with Crippen LogP contribution in [0, 0.1) is 6.92 Å². The Morgan fingerprint density at radius 1 is 1.50 bits per heavy atom. The molecular formula is C7H12N3. The van der Waals surface area contributed by atoms with E-state index in [1.54, 1.807) is 6.20 Å². The van der Waals surface area contributed by atoms with E-state index in [2.05, 4.69) is 22.3 Å². The number of hydrogen-bond donors (Lipinski definition) is 1. The summed E-state index contributed by atoms with van der Waals surface area (Å²) in [7, 11) is 0. The predicted molar refractivity (Wildman–Crippen MR) is 39.3 cm³/mol. The third-order valence-electron chi connectivity index (χ3n) is 1.41. The Morgan fingerprint density at radius 3 is 3.00 bits per heavy atom. The second kappa shape index (κ2) is 4.04. The number of hydrogen-bond acceptors (Lipinski definition) is 2.